The van der Waals surface area contributed by atoms with E-state index in [0.29, 0.717) is 5.13 Å². The zero-order chi connectivity index (χ0) is 15.7. The number of para-hydroxylation sites is 1. The molecule has 6 nitrogen and oxygen atoms in total. The highest BCUT2D eigenvalue weighted by Gasteiger charge is 2.36. The van der Waals surface area contributed by atoms with Crippen molar-refractivity contribution in [3.8, 4) is 0 Å². The molecule has 1 fully saturated rings. The number of carbonyl (C=O) groups is 2. The monoisotopic (exact) mass is 319 g/mol. The maximum absolute atomic E-state index is 12.2. The van der Waals surface area contributed by atoms with Gasteiger partial charge in [0.25, 0.3) is 0 Å². The Morgan fingerprint density at radius 3 is 2.82 bits per heavy atom. The van der Waals surface area contributed by atoms with E-state index < -0.39 is 12.0 Å². The first kappa shape index (κ1) is 14.9. The van der Waals surface area contributed by atoms with Crippen LogP contribution < -0.4 is 5.32 Å². The van der Waals surface area contributed by atoms with Gasteiger partial charge in [-0.05, 0) is 31.9 Å². The summed E-state index contributed by atoms with van der Waals surface area (Å²) in [6.45, 7) is 1.69. The van der Waals surface area contributed by atoms with Crippen LogP contribution in [0.1, 0.15) is 19.8 Å². The van der Waals surface area contributed by atoms with Gasteiger partial charge in [-0.15, -0.1) is 0 Å². The fourth-order valence-corrected chi connectivity index (χ4v) is 3.26. The normalized spacial score (nSPS) is 15.9. The van der Waals surface area contributed by atoms with E-state index in [9.17, 15) is 9.59 Å². The van der Waals surface area contributed by atoms with Gasteiger partial charge in [0, 0.05) is 6.04 Å². The van der Waals surface area contributed by atoms with Crippen molar-refractivity contribution >= 4 is 38.6 Å². The lowest BCUT2D eigenvalue weighted by molar-refractivity contribution is -0.143. The van der Waals surface area contributed by atoms with Crippen molar-refractivity contribution in [2.75, 3.05) is 11.9 Å². The lowest BCUT2D eigenvalue weighted by Gasteiger charge is -2.25. The molecule has 116 valence electrons. The Labute approximate surface area is 131 Å². The van der Waals surface area contributed by atoms with Crippen LogP contribution in [0.4, 0.5) is 5.13 Å². The average Bonchev–Trinajstić information content (AvgIpc) is 3.23. The zero-order valence-corrected chi connectivity index (χ0v) is 13.0. The molecule has 2 aromatic rings. The van der Waals surface area contributed by atoms with Gasteiger partial charge in [0.05, 0.1) is 16.8 Å². The van der Waals surface area contributed by atoms with Crippen LogP contribution in [0, 0.1) is 0 Å². The van der Waals surface area contributed by atoms with Crippen LogP contribution >= 0.6 is 11.3 Å². The number of carbonyl (C=O) groups excluding carboxylic acids is 1. The van der Waals surface area contributed by atoms with Gasteiger partial charge >= 0.3 is 5.97 Å². The Hall–Kier alpha value is -1.99. The molecule has 0 bridgehead atoms. The molecule has 1 aliphatic rings. The molecule has 1 atom stereocenters. The highest BCUT2D eigenvalue weighted by molar-refractivity contribution is 7.22. The third-order valence-corrected chi connectivity index (χ3v) is 4.69. The number of amides is 1. The van der Waals surface area contributed by atoms with Crippen LogP contribution in [0.15, 0.2) is 24.3 Å². The second kappa shape index (κ2) is 6.02. The Morgan fingerprint density at radius 2 is 2.18 bits per heavy atom. The molecule has 1 amide bonds. The SMILES string of the molecule is CC(C(=O)O)N(CC(=O)Nc1nc2ccccc2s1)C1CC1. The maximum Gasteiger partial charge on any atom is 0.320 e. The highest BCUT2D eigenvalue weighted by Crippen LogP contribution is 2.29. The minimum absolute atomic E-state index is 0.0774. The van der Waals surface area contributed by atoms with Crippen LogP contribution in [0.5, 0.6) is 0 Å². The van der Waals surface area contributed by atoms with Crippen molar-refractivity contribution in [3.05, 3.63) is 24.3 Å². The standard InChI is InChI=1S/C15H17N3O3S/c1-9(14(20)21)18(10-6-7-10)8-13(19)17-15-16-11-4-2-3-5-12(11)22-15/h2-5,9-10H,6-8H2,1H3,(H,20,21)(H,16,17,19). The number of thiazole rings is 1. The van der Waals surface area contributed by atoms with Crippen molar-refractivity contribution in [1.29, 1.82) is 0 Å². The molecule has 0 radical (unpaired) electrons. The number of benzene rings is 1. The zero-order valence-electron chi connectivity index (χ0n) is 12.2. The molecule has 0 spiro atoms. The molecule has 1 aromatic carbocycles. The number of aliphatic carboxylic acids is 1. The van der Waals surface area contributed by atoms with Crippen LogP contribution in [0.25, 0.3) is 10.2 Å². The van der Waals surface area contributed by atoms with E-state index in [1.54, 1.807) is 11.8 Å². The van der Waals surface area contributed by atoms with Gasteiger partial charge in [-0.3, -0.25) is 14.5 Å². The first-order valence-electron chi connectivity index (χ1n) is 7.18. The summed E-state index contributed by atoms with van der Waals surface area (Å²) in [5.41, 5.74) is 0.848. The third kappa shape index (κ3) is 3.26. The molecule has 0 aliphatic heterocycles. The fourth-order valence-electron chi connectivity index (χ4n) is 2.38. The lowest BCUT2D eigenvalue weighted by atomic mass is 10.2. The minimum Gasteiger partial charge on any atom is -0.480 e. The smallest absolute Gasteiger partial charge is 0.320 e. The quantitative estimate of drug-likeness (QED) is 0.852. The van der Waals surface area contributed by atoms with Crippen molar-refractivity contribution in [2.24, 2.45) is 0 Å². The largest absolute Gasteiger partial charge is 0.480 e. The molecular formula is C15H17N3O3S. The summed E-state index contributed by atoms with van der Waals surface area (Å²) < 4.78 is 1.01. The van der Waals surface area contributed by atoms with Gasteiger partial charge in [-0.1, -0.05) is 23.5 Å². The van der Waals surface area contributed by atoms with Crippen molar-refractivity contribution in [1.82, 2.24) is 9.88 Å². The van der Waals surface area contributed by atoms with Crippen LogP contribution in [0.2, 0.25) is 0 Å². The number of rotatable bonds is 6. The van der Waals surface area contributed by atoms with Gasteiger partial charge in [0.1, 0.15) is 6.04 Å². The number of fused-ring (bicyclic) bond motifs is 1. The Balaban J connectivity index is 1.66. The number of hydrogen-bond acceptors (Lipinski definition) is 5. The number of anilines is 1. The minimum atomic E-state index is -0.903. The molecule has 0 saturated heterocycles. The number of nitrogens with zero attached hydrogens (tertiary/aromatic N) is 2. The van der Waals surface area contributed by atoms with E-state index >= 15 is 0 Å². The lowest BCUT2D eigenvalue weighted by Crippen LogP contribution is -2.44. The Bertz CT molecular complexity index is 678. The third-order valence-electron chi connectivity index (χ3n) is 3.74. The molecule has 1 aromatic heterocycles. The maximum atomic E-state index is 12.2. The topological polar surface area (TPSA) is 82.5 Å². The van der Waals surface area contributed by atoms with E-state index in [1.165, 1.54) is 11.3 Å². The van der Waals surface area contributed by atoms with Crippen molar-refractivity contribution in [3.63, 3.8) is 0 Å². The molecule has 1 saturated carbocycles. The van der Waals surface area contributed by atoms with Gasteiger partial charge in [-0.2, -0.15) is 0 Å². The number of hydrogen-bond donors (Lipinski definition) is 2. The molecular weight excluding hydrogens is 302 g/mol. The number of carboxylic acid groups (broad SMARTS) is 1. The summed E-state index contributed by atoms with van der Waals surface area (Å²) in [7, 11) is 0. The van der Waals surface area contributed by atoms with Gasteiger partial charge < -0.3 is 10.4 Å². The van der Waals surface area contributed by atoms with E-state index in [-0.39, 0.29) is 18.5 Å². The van der Waals surface area contributed by atoms with Crippen LogP contribution in [0.3, 0.4) is 0 Å². The van der Waals surface area contributed by atoms with E-state index in [2.05, 4.69) is 10.3 Å². The molecule has 3 rings (SSSR count). The highest BCUT2D eigenvalue weighted by atomic mass is 32.1. The van der Waals surface area contributed by atoms with Crippen molar-refractivity contribution < 1.29 is 14.7 Å². The molecule has 22 heavy (non-hydrogen) atoms. The van der Waals surface area contributed by atoms with Gasteiger partial charge in [0.15, 0.2) is 5.13 Å². The summed E-state index contributed by atoms with van der Waals surface area (Å²) in [6.07, 6.45) is 1.90. The Kier molecular flexibility index (Phi) is 4.08. The average molecular weight is 319 g/mol. The molecule has 2 N–H and O–H groups in total. The first-order chi connectivity index (χ1) is 10.5. The predicted molar refractivity (Wildman–Crippen MR) is 85.1 cm³/mol. The van der Waals surface area contributed by atoms with Gasteiger partial charge in [0.2, 0.25) is 5.91 Å². The van der Waals surface area contributed by atoms with E-state index in [0.717, 1.165) is 23.1 Å². The second-order valence-electron chi connectivity index (χ2n) is 5.45. The summed E-state index contributed by atoms with van der Waals surface area (Å²) in [4.78, 5) is 29.4. The number of aromatic nitrogens is 1. The summed E-state index contributed by atoms with van der Waals surface area (Å²) in [5.74, 6) is -1.13. The molecule has 1 heterocycles. The number of carboxylic acids is 1. The van der Waals surface area contributed by atoms with E-state index in [1.807, 2.05) is 24.3 Å². The first-order valence-corrected chi connectivity index (χ1v) is 8.00. The molecule has 7 heteroatoms. The summed E-state index contributed by atoms with van der Waals surface area (Å²) in [5, 5.41) is 12.5. The van der Waals surface area contributed by atoms with Crippen molar-refractivity contribution in [2.45, 2.75) is 31.8 Å². The fraction of sp³-hybridized carbons (Fsp3) is 0.400. The number of nitrogens with one attached hydrogen (secondary N) is 1. The molecule has 1 unspecified atom stereocenters. The van der Waals surface area contributed by atoms with E-state index in [4.69, 9.17) is 5.11 Å². The van der Waals surface area contributed by atoms with Gasteiger partial charge in [-0.25, -0.2) is 4.98 Å². The summed E-state index contributed by atoms with van der Waals surface area (Å²) in [6, 6.07) is 7.21. The Morgan fingerprint density at radius 1 is 1.45 bits per heavy atom. The van der Waals surface area contributed by atoms with Crippen LogP contribution in [-0.4, -0.2) is 45.5 Å². The molecule has 1 aliphatic carbocycles. The summed E-state index contributed by atoms with van der Waals surface area (Å²) >= 11 is 1.41. The van der Waals surface area contributed by atoms with Crippen LogP contribution in [-0.2, 0) is 9.59 Å². The predicted octanol–water partition coefficient (Wildman–Crippen LogP) is 2.17. The second-order valence-corrected chi connectivity index (χ2v) is 6.48.